The van der Waals surface area contributed by atoms with Crippen molar-refractivity contribution in [2.24, 2.45) is 0 Å². The normalized spacial score (nSPS) is 17.6. The fourth-order valence-electron chi connectivity index (χ4n) is 3.70. The summed E-state index contributed by atoms with van der Waals surface area (Å²) in [5.41, 5.74) is 3.47. The first kappa shape index (κ1) is 18.4. The summed E-state index contributed by atoms with van der Waals surface area (Å²) in [6, 6.07) is 14.6. The number of aromatic nitrogens is 3. The molecule has 1 saturated heterocycles. The maximum absolute atomic E-state index is 13.2. The van der Waals surface area contributed by atoms with Crippen LogP contribution in [0.1, 0.15) is 21.7 Å². The minimum absolute atomic E-state index is 0.00458. The number of likely N-dealkylation sites (N-methyl/N-ethyl adjacent to an activating group) is 1. The molecule has 144 valence electrons. The first-order valence-electron chi connectivity index (χ1n) is 9.62. The van der Waals surface area contributed by atoms with E-state index in [2.05, 4.69) is 51.2 Å². The van der Waals surface area contributed by atoms with Gasteiger partial charge in [-0.15, -0.1) is 0 Å². The van der Waals surface area contributed by atoms with Gasteiger partial charge in [0, 0.05) is 49.3 Å². The maximum atomic E-state index is 13.2. The van der Waals surface area contributed by atoms with Crippen LogP contribution in [-0.4, -0.2) is 63.4 Å². The van der Waals surface area contributed by atoms with Crippen LogP contribution >= 0.6 is 0 Å². The van der Waals surface area contributed by atoms with Crippen LogP contribution < -0.4 is 0 Å². The number of H-pyrrole nitrogens is 1. The molecule has 1 amide bonds. The smallest absolute Gasteiger partial charge is 0.274 e. The number of aryl methyl sites for hydroxylation is 1. The number of hydrogen-bond donors (Lipinski definition) is 1. The second-order valence-corrected chi connectivity index (χ2v) is 7.38. The lowest BCUT2D eigenvalue weighted by atomic mass is 10.0. The Morgan fingerprint density at radius 2 is 2.00 bits per heavy atom. The van der Waals surface area contributed by atoms with E-state index in [0.29, 0.717) is 24.1 Å². The number of carbonyl (C=O) groups excluding carboxylic acids is 1. The van der Waals surface area contributed by atoms with Crippen LogP contribution in [0.3, 0.4) is 0 Å². The highest BCUT2D eigenvalue weighted by Crippen LogP contribution is 2.20. The summed E-state index contributed by atoms with van der Waals surface area (Å²) in [6.07, 6.45) is 4.41. The summed E-state index contributed by atoms with van der Waals surface area (Å²) in [5, 5.41) is 0. The summed E-state index contributed by atoms with van der Waals surface area (Å²) in [6.45, 7) is 4.19. The van der Waals surface area contributed by atoms with Gasteiger partial charge in [-0.05, 0) is 38.1 Å². The molecule has 1 aromatic carbocycles. The third-order valence-electron chi connectivity index (χ3n) is 5.40. The van der Waals surface area contributed by atoms with Gasteiger partial charge in [0.2, 0.25) is 0 Å². The maximum Gasteiger partial charge on any atom is 0.274 e. The number of piperazine rings is 1. The molecule has 1 unspecified atom stereocenters. The second kappa shape index (κ2) is 7.94. The van der Waals surface area contributed by atoms with Gasteiger partial charge in [-0.1, -0.05) is 30.3 Å². The van der Waals surface area contributed by atoms with Gasteiger partial charge >= 0.3 is 0 Å². The zero-order valence-electron chi connectivity index (χ0n) is 16.3. The zero-order valence-corrected chi connectivity index (χ0v) is 16.3. The Bertz CT molecular complexity index is 938. The topological polar surface area (TPSA) is 65.1 Å². The van der Waals surface area contributed by atoms with Crippen molar-refractivity contribution in [3.05, 3.63) is 71.8 Å². The van der Waals surface area contributed by atoms with Crippen molar-refractivity contribution in [2.75, 3.05) is 26.7 Å². The van der Waals surface area contributed by atoms with Gasteiger partial charge in [0.05, 0.1) is 0 Å². The minimum Gasteiger partial charge on any atom is -0.341 e. The Morgan fingerprint density at radius 1 is 1.18 bits per heavy atom. The van der Waals surface area contributed by atoms with Crippen LogP contribution in [0.5, 0.6) is 0 Å². The quantitative estimate of drug-likeness (QED) is 0.762. The Kier molecular flexibility index (Phi) is 5.21. The summed E-state index contributed by atoms with van der Waals surface area (Å²) in [4.78, 5) is 29.4. The molecule has 6 heteroatoms. The van der Waals surface area contributed by atoms with E-state index < -0.39 is 0 Å². The Balaban J connectivity index is 1.51. The van der Waals surface area contributed by atoms with Crippen LogP contribution in [-0.2, 0) is 6.42 Å². The fourth-order valence-corrected chi connectivity index (χ4v) is 3.70. The van der Waals surface area contributed by atoms with E-state index in [9.17, 15) is 4.79 Å². The predicted octanol–water partition coefficient (Wildman–Crippen LogP) is 2.78. The molecule has 0 radical (unpaired) electrons. The second-order valence-electron chi connectivity index (χ2n) is 7.38. The molecule has 0 spiro atoms. The van der Waals surface area contributed by atoms with Crippen LogP contribution in [0.4, 0.5) is 0 Å². The first-order chi connectivity index (χ1) is 13.6. The standard InChI is InChI=1S/C22H25N5O/c1-16-20(25-21(24-16)18-9-6-10-23-14-18)22(28)27-12-11-26(2)19(15-27)13-17-7-4-3-5-8-17/h3-10,14,19H,11-13,15H2,1-2H3,(H,24,25). The number of hydrogen-bond acceptors (Lipinski definition) is 4. The van der Waals surface area contributed by atoms with E-state index in [1.807, 2.05) is 30.0 Å². The number of benzene rings is 1. The van der Waals surface area contributed by atoms with E-state index in [4.69, 9.17) is 0 Å². The molecular formula is C22H25N5O. The predicted molar refractivity (Wildman–Crippen MR) is 109 cm³/mol. The van der Waals surface area contributed by atoms with Crippen molar-refractivity contribution in [1.82, 2.24) is 24.8 Å². The largest absolute Gasteiger partial charge is 0.341 e. The highest BCUT2D eigenvalue weighted by Gasteiger charge is 2.30. The van der Waals surface area contributed by atoms with E-state index >= 15 is 0 Å². The van der Waals surface area contributed by atoms with Gasteiger partial charge in [0.15, 0.2) is 0 Å². The minimum atomic E-state index is -0.00458. The van der Waals surface area contributed by atoms with Gasteiger partial charge in [-0.3, -0.25) is 14.7 Å². The van der Waals surface area contributed by atoms with Gasteiger partial charge in [-0.2, -0.15) is 0 Å². The molecule has 1 N–H and O–H groups in total. The average Bonchev–Trinajstić information content (AvgIpc) is 3.12. The lowest BCUT2D eigenvalue weighted by molar-refractivity contribution is 0.0542. The first-order valence-corrected chi connectivity index (χ1v) is 9.62. The van der Waals surface area contributed by atoms with E-state index in [0.717, 1.165) is 30.8 Å². The highest BCUT2D eigenvalue weighted by molar-refractivity contribution is 5.94. The molecule has 6 nitrogen and oxygen atoms in total. The van der Waals surface area contributed by atoms with Crippen molar-refractivity contribution in [1.29, 1.82) is 0 Å². The van der Waals surface area contributed by atoms with Crippen molar-refractivity contribution in [2.45, 2.75) is 19.4 Å². The number of nitrogens with one attached hydrogen (secondary N) is 1. The molecular weight excluding hydrogens is 350 g/mol. The van der Waals surface area contributed by atoms with E-state index in [1.165, 1.54) is 5.56 Å². The van der Waals surface area contributed by atoms with Gasteiger partial charge in [-0.25, -0.2) is 4.98 Å². The van der Waals surface area contributed by atoms with Crippen molar-refractivity contribution < 1.29 is 4.79 Å². The number of amides is 1. The molecule has 3 aromatic rings. The Hall–Kier alpha value is -2.99. The number of carbonyl (C=O) groups is 1. The molecule has 0 saturated carbocycles. The van der Waals surface area contributed by atoms with Gasteiger partial charge in [0.25, 0.3) is 5.91 Å². The lowest BCUT2D eigenvalue weighted by Crippen LogP contribution is -2.54. The summed E-state index contributed by atoms with van der Waals surface area (Å²) in [7, 11) is 2.13. The Morgan fingerprint density at radius 3 is 2.75 bits per heavy atom. The summed E-state index contributed by atoms with van der Waals surface area (Å²) < 4.78 is 0. The lowest BCUT2D eigenvalue weighted by Gasteiger charge is -2.39. The monoisotopic (exact) mass is 375 g/mol. The molecule has 1 aliphatic rings. The molecule has 4 rings (SSSR count). The summed E-state index contributed by atoms with van der Waals surface area (Å²) >= 11 is 0. The van der Waals surface area contributed by atoms with Crippen LogP contribution in [0.15, 0.2) is 54.9 Å². The molecule has 1 aliphatic heterocycles. The van der Waals surface area contributed by atoms with Gasteiger partial charge < -0.3 is 9.88 Å². The number of aromatic amines is 1. The third kappa shape index (κ3) is 3.82. The SMILES string of the molecule is Cc1[nH]c(-c2cccnc2)nc1C(=O)N1CCN(C)C(Cc2ccccc2)C1. The summed E-state index contributed by atoms with van der Waals surface area (Å²) in [5.74, 6) is 0.680. The molecule has 0 bridgehead atoms. The highest BCUT2D eigenvalue weighted by atomic mass is 16.2. The van der Waals surface area contributed by atoms with Crippen LogP contribution in [0.25, 0.3) is 11.4 Å². The van der Waals surface area contributed by atoms with Crippen molar-refractivity contribution in [3.8, 4) is 11.4 Å². The third-order valence-corrected chi connectivity index (χ3v) is 5.40. The fraction of sp³-hybridized carbons (Fsp3) is 0.318. The van der Waals surface area contributed by atoms with Gasteiger partial charge in [0.1, 0.15) is 11.5 Å². The molecule has 1 fully saturated rings. The van der Waals surface area contributed by atoms with Crippen molar-refractivity contribution in [3.63, 3.8) is 0 Å². The number of rotatable bonds is 4. The molecule has 3 heterocycles. The molecule has 28 heavy (non-hydrogen) atoms. The number of imidazole rings is 1. The van der Waals surface area contributed by atoms with E-state index in [1.54, 1.807) is 12.4 Å². The molecule has 1 atom stereocenters. The van der Waals surface area contributed by atoms with Crippen LogP contribution in [0, 0.1) is 6.92 Å². The average molecular weight is 375 g/mol. The zero-order chi connectivity index (χ0) is 19.5. The van der Waals surface area contributed by atoms with Crippen molar-refractivity contribution >= 4 is 5.91 Å². The Labute approximate surface area is 165 Å². The molecule has 2 aromatic heterocycles. The number of nitrogens with zero attached hydrogens (tertiary/aromatic N) is 4. The van der Waals surface area contributed by atoms with Crippen LogP contribution in [0.2, 0.25) is 0 Å². The molecule has 0 aliphatic carbocycles. The number of pyridine rings is 1. The van der Waals surface area contributed by atoms with E-state index in [-0.39, 0.29) is 5.91 Å².